The standard InChI is InChI=1S/C26H23Cl2N3O5/c1-15-6-10-17(11-7-15)23(31-36-2)25(33)30-21(26(34)35)14-16-8-12-18(13-9-16)29-24(32)22-19(27)4-3-5-20(22)28/h3-13,21H,14H2,1-2H3,(H,29,32)(H,30,33)(H,34,35)/t21-/m0/s1. The number of amides is 2. The van der Waals surface area contributed by atoms with Crippen LogP contribution >= 0.6 is 23.2 Å². The van der Waals surface area contributed by atoms with E-state index in [0.717, 1.165) is 5.56 Å². The maximum atomic E-state index is 12.8. The minimum absolute atomic E-state index is 0.000197. The topological polar surface area (TPSA) is 117 Å². The summed E-state index contributed by atoms with van der Waals surface area (Å²) in [4.78, 5) is 42.0. The molecule has 0 saturated carbocycles. The van der Waals surface area contributed by atoms with Crippen LogP contribution in [0, 0.1) is 6.92 Å². The molecule has 0 heterocycles. The first-order chi connectivity index (χ1) is 17.2. The van der Waals surface area contributed by atoms with E-state index in [2.05, 4.69) is 15.8 Å². The summed E-state index contributed by atoms with van der Waals surface area (Å²) in [5, 5.41) is 19.1. The summed E-state index contributed by atoms with van der Waals surface area (Å²) in [6, 6.07) is 17.1. The van der Waals surface area contributed by atoms with Crippen LogP contribution in [0.15, 0.2) is 71.9 Å². The molecular formula is C26H23Cl2N3O5. The van der Waals surface area contributed by atoms with Crippen molar-refractivity contribution in [1.29, 1.82) is 0 Å². The highest BCUT2D eigenvalue weighted by Gasteiger charge is 2.24. The Morgan fingerprint density at radius 1 is 0.972 bits per heavy atom. The Kier molecular flexibility index (Phi) is 9.05. The number of halogens is 2. The van der Waals surface area contributed by atoms with Crippen molar-refractivity contribution < 1.29 is 24.3 Å². The van der Waals surface area contributed by atoms with Crippen LogP contribution in [0.2, 0.25) is 10.0 Å². The maximum Gasteiger partial charge on any atom is 0.326 e. The molecule has 0 spiro atoms. The molecule has 0 aromatic heterocycles. The molecule has 0 aliphatic rings. The summed E-state index contributed by atoms with van der Waals surface area (Å²) in [6.07, 6.45) is -0.000197. The zero-order valence-electron chi connectivity index (χ0n) is 19.4. The Morgan fingerprint density at radius 2 is 1.58 bits per heavy atom. The molecule has 36 heavy (non-hydrogen) atoms. The molecule has 8 nitrogen and oxygen atoms in total. The molecule has 186 valence electrons. The number of carbonyl (C=O) groups is 3. The lowest BCUT2D eigenvalue weighted by atomic mass is 10.0. The van der Waals surface area contributed by atoms with Gasteiger partial charge in [-0.25, -0.2) is 4.79 Å². The third-order valence-electron chi connectivity index (χ3n) is 5.17. The van der Waals surface area contributed by atoms with E-state index in [9.17, 15) is 19.5 Å². The van der Waals surface area contributed by atoms with Crippen LogP contribution in [0.4, 0.5) is 5.69 Å². The van der Waals surface area contributed by atoms with E-state index < -0.39 is 23.8 Å². The number of aryl methyl sites for hydroxylation is 1. The second-order valence-electron chi connectivity index (χ2n) is 7.80. The number of oxime groups is 1. The van der Waals surface area contributed by atoms with E-state index in [1.165, 1.54) is 7.11 Å². The Balaban J connectivity index is 1.70. The molecule has 0 unspecified atom stereocenters. The quantitative estimate of drug-likeness (QED) is 0.275. The van der Waals surface area contributed by atoms with Crippen molar-refractivity contribution in [3.8, 4) is 0 Å². The van der Waals surface area contributed by atoms with E-state index in [-0.39, 0.29) is 27.7 Å². The van der Waals surface area contributed by atoms with Gasteiger partial charge in [-0.15, -0.1) is 0 Å². The van der Waals surface area contributed by atoms with Crippen LogP contribution in [-0.2, 0) is 20.8 Å². The van der Waals surface area contributed by atoms with Gasteiger partial charge in [0.15, 0.2) is 5.71 Å². The molecule has 0 saturated heterocycles. The van der Waals surface area contributed by atoms with Gasteiger partial charge < -0.3 is 20.6 Å². The van der Waals surface area contributed by atoms with Gasteiger partial charge in [0.2, 0.25) is 0 Å². The SMILES string of the molecule is CON=C(C(=O)N[C@@H](Cc1ccc(NC(=O)c2c(Cl)cccc2Cl)cc1)C(=O)O)c1ccc(C)cc1. The van der Waals surface area contributed by atoms with Crippen molar-refractivity contribution in [1.82, 2.24) is 5.32 Å². The first kappa shape index (κ1) is 26.7. The monoisotopic (exact) mass is 527 g/mol. The van der Waals surface area contributed by atoms with Gasteiger partial charge in [-0.05, 0) is 36.8 Å². The van der Waals surface area contributed by atoms with Gasteiger partial charge in [0, 0.05) is 17.7 Å². The highest BCUT2D eigenvalue weighted by molar-refractivity contribution is 6.45. The fourth-order valence-corrected chi connectivity index (χ4v) is 3.89. The van der Waals surface area contributed by atoms with E-state index in [1.807, 2.05) is 19.1 Å². The zero-order chi connectivity index (χ0) is 26.2. The van der Waals surface area contributed by atoms with Crippen molar-refractivity contribution in [2.24, 2.45) is 5.16 Å². The maximum absolute atomic E-state index is 12.8. The van der Waals surface area contributed by atoms with E-state index in [0.29, 0.717) is 16.8 Å². The van der Waals surface area contributed by atoms with Gasteiger partial charge in [0.05, 0.1) is 15.6 Å². The minimum Gasteiger partial charge on any atom is -0.480 e. The fraction of sp³-hybridized carbons (Fsp3) is 0.154. The predicted octanol–water partition coefficient (Wildman–Crippen LogP) is 4.72. The second kappa shape index (κ2) is 12.2. The average Bonchev–Trinajstić information content (AvgIpc) is 2.83. The molecule has 3 N–H and O–H groups in total. The van der Waals surface area contributed by atoms with Gasteiger partial charge in [0.25, 0.3) is 11.8 Å². The number of nitrogens with zero attached hydrogens (tertiary/aromatic N) is 1. The van der Waals surface area contributed by atoms with E-state index >= 15 is 0 Å². The number of hydrogen-bond acceptors (Lipinski definition) is 5. The molecule has 0 aliphatic heterocycles. The number of hydrogen-bond donors (Lipinski definition) is 3. The Hall–Kier alpha value is -3.88. The van der Waals surface area contributed by atoms with Gasteiger partial charge in [0.1, 0.15) is 13.2 Å². The normalized spacial score (nSPS) is 11.9. The Labute approximate surface area is 217 Å². The average molecular weight is 528 g/mol. The number of carboxylic acid groups (broad SMARTS) is 1. The van der Waals surface area contributed by atoms with Crippen molar-refractivity contribution in [3.05, 3.63) is 99.0 Å². The molecular weight excluding hydrogens is 505 g/mol. The highest BCUT2D eigenvalue weighted by Crippen LogP contribution is 2.25. The van der Waals surface area contributed by atoms with Crippen LogP contribution in [-0.4, -0.2) is 41.8 Å². The predicted molar refractivity (Wildman–Crippen MR) is 139 cm³/mol. The molecule has 2 amide bonds. The molecule has 0 aliphatic carbocycles. The summed E-state index contributed by atoms with van der Waals surface area (Å²) in [5.41, 5.74) is 2.68. The van der Waals surface area contributed by atoms with Crippen LogP contribution < -0.4 is 10.6 Å². The molecule has 0 fully saturated rings. The van der Waals surface area contributed by atoms with Crippen molar-refractivity contribution in [2.45, 2.75) is 19.4 Å². The summed E-state index contributed by atoms with van der Waals surface area (Å²) in [5.74, 6) is -2.38. The molecule has 10 heteroatoms. The Morgan fingerprint density at radius 3 is 2.14 bits per heavy atom. The number of aliphatic carboxylic acids is 1. The lowest BCUT2D eigenvalue weighted by molar-refractivity contribution is -0.141. The smallest absolute Gasteiger partial charge is 0.326 e. The largest absolute Gasteiger partial charge is 0.480 e. The van der Waals surface area contributed by atoms with Crippen LogP contribution in [0.1, 0.15) is 27.0 Å². The summed E-state index contributed by atoms with van der Waals surface area (Å²) in [7, 11) is 1.30. The first-order valence-electron chi connectivity index (χ1n) is 10.8. The van der Waals surface area contributed by atoms with Crippen LogP contribution in [0.3, 0.4) is 0 Å². The number of carboxylic acids is 1. The summed E-state index contributed by atoms with van der Waals surface area (Å²) >= 11 is 12.2. The number of rotatable bonds is 9. The third-order valence-corrected chi connectivity index (χ3v) is 5.80. The van der Waals surface area contributed by atoms with Gasteiger partial charge in [-0.2, -0.15) is 0 Å². The molecule has 3 aromatic rings. The number of carbonyl (C=O) groups excluding carboxylic acids is 2. The third kappa shape index (κ3) is 6.84. The highest BCUT2D eigenvalue weighted by atomic mass is 35.5. The minimum atomic E-state index is -1.23. The van der Waals surface area contributed by atoms with Gasteiger partial charge in [-0.3, -0.25) is 9.59 Å². The van der Waals surface area contributed by atoms with Crippen molar-refractivity contribution >= 4 is 52.4 Å². The molecule has 1 atom stereocenters. The molecule has 3 rings (SSSR count). The van der Waals surface area contributed by atoms with Crippen LogP contribution in [0.5, 0.6) is 0 Å². The van der Waals surface area contributed by atoms with E-state index in [4.69, 9.17) is 28.0 Å². The number of nitrogens with one attached hydrogen (secondary N) is 2. The van der Waals surface area contributed by atoms with Gasteiger partial charge in [-0.1, -0.05) is 76.4 Å². The molecule has 0 radical (unpaired) electrons. The first-order valence-corrected chi connectivity index (χ1v) is 11.5. The number of benzene rings is 3. The lowest BCUT2D eigenvalue weighted by Crippen LogP contribution is -2.45. The van der Waals surface area contributed by atoms with Crippen LogP contribution in [0.25, 0.3) is 0 Å². The fourth-order valence-electron chi connectivity index (χ4n) is 3.32. The number of anilines is 1. The molecule has 0 bridgehead atoms. The zero-order valence-corrected chi connectivity index (χ0v) is 20.9. The van der Waals surface area contributed by atoms with Crippen molar-refractivity contribution in [2.75, 3.05) is 12.4 Å². The lowest BCUT2D eigenvalue weighted by Gasteiger charge is -2.16. The van der Waals surface area contributed by atoms with Gasteiger partial charge >= 0.3 is 5.97 Å². The van der Waals surface area contributed by atoms with E-state index in [1.54, 1.807) is 54.6 Å². The Bertz CT molecular complexity index is 1270. The second-order valence-corrected chi connectivity index (χ2v) is 8.62. The van der Waals surface area contributed by atoms with Crippen molar-refractivity contribution in [3.63, 3.8) is 0 Å². The summed E-state index contributed by atoms with van der Waals surface area (Å²) in [6.45, 7) is 1.90. The summed E-state index contributed by atoms with van der Waals surface area (Å²) < 4.78 is 0. The molecule has 3 aromatic carbocycles.